The fourth-order valence-corrected chi connectivity index (χ4v) is 0.984. The van der Waals surface area contributed by atoms with Crippen LogP contribution in [0.15, 0.2) is 23.0 Å². The highest BCUT2D eigenvalue weighted by molar-refractivity contribution is 5.44. The topological polar surface area (TPSA) is 40.5 Å². The highest BCUT2D eigenvalue weighted by Gasteiger charge is 2.59. The summed E-state index contributed by atoms with van der Waals surface area (Å²) in [5, 5.41) is 17.5. The first-order valence-electron chi connectivity index (χ1n) is 3.49. The lowest BCUT2D eigenvalue weighted by Gasteiger charge is -2.35. The molecule has 2 unspecified atom stereocenters. The Morgan fingerprint density at radius 1 is 1.21 bits per heavy atom. The third-order valence-electron chi connectivity index (χ3n) is 2.06. The van der Waals surface area contributed by atoms with E-state index in [9.17, 15) is 17.6 Å². The second-order valence-corrected chi connectivity index (χ2v) is 3.02. The van der Waals surface area contributed by atoms with Gasteiger partial charge in [0.2, 0.25) is 5.67 Å². The average molecular weight is 210 g/mol. The van der Waals surface area contributed by atoms with Crippen LogP contribution in [0.1, 0.15) is 6.92 Å². The van der Waals surface area contributed by atoms with E-state index in [2.05, 4.69) is 6.92 Å². The average Bonchev–Trinajstić information content (AvgIpc) is 2.10. The first-order chi connectivity index (χ1) is 6.14. The molecule has 0 spiro atoms. The Hall–Kier alpha value is -1.04. The number of hydrogen-bond donors (Lipinski definition) is 2. The fourth-order valence-electron chi connectivity index (χ4n) is 0.984. The molecule has 6 heteroatoms. The van der Waals surface area contributed by atoms with Gasteiger partial charge in [-0.2, -0.15) is 4.39 Å². The Morgan fingerprint density at radius 3 is 2.07 bits per heavy atom. The number of aliphatic hydroxyl groups excluding tert-OH is 1. The largest absolute Gasteiger partial charge is 0.506 e. The quantitative estimate of drug-likeness (QED) is 0.601. The number of alkyl halides is 2. The highest BCUT2D eigenvalue weighted by Crippen LogP contribution is 2.47. The zero-order chi connectivity index (χ0) is 11.3. The van der Waals surface area contributed by atoms with Gasteiger partial charge in [-0.15, -0.1) is 0 Å². The fraction of sp³-hybridized carbons (Fsp3) is 0.375. The van der Waals surface area contributed by atoms with Gasteiger partial charge in [-0.25, -0.2) is 13.2 Å². The van der Waals surface area contributed by atoms with Crippen LogP contribution in [0.25, 0.3) is 0 Å². The van der Waals surface area contributed by atoms with Crippen LogP contribution >= 0.6 is 0 Å². The van der Waals surface area contributed by atoms with Crippen molar-refractivity contribution in [3.8, 4) is 0 Å². The van der Waals surface area contributed by atoms with E-state index in [0.717, 1.165) is 0 Å². The summed E-state index contributed by atoms with van der Waals surface area (Å²) in [7, 11) is 0. The number of hydrogen-bond acceptors (Lipinski definition) is 2. The van der Waals surface area contributed by atoms with E-state index in [0.29, 0.717) is 6.92 Å². The molecule has 2 N–H and O–H groups in total. The molecule has 1 aliphatic rings. The van der Waals surface area contributed by atoms with Crippen LogP contribution < -0.4 is 0 Å². The van der Waals surface area contributed by atoms with E-state index in [-0.39, 0.29) is 0 Å². The summed E-state index contributed by atoms with van der Waals surface area (Å²) in [6, 6.07) is 0. The first kappa shape index (κ1) is 11.0. The van der Waals surface area contributed by atoms with Crippen molar-refractivity contribution < 1.29 is 27.8 Å². The normalized spacial score (nSPS) is 39.4. The molecule has 78 valence electrons. The Balaban J connectivity index is 3.48. The molecule has 0 saturated carbocycles. The Morgan fingerprint density at radius 2 is 1.64 bits per heavy atom. The molecular weight excluding hydrogens is 204 g/mol. The molecule has 0 aliphatic heterocycles. The third-order valence-corrected chi connectivity index (χ3v) is 2.06. The van der Waals surface area contributed by atoms with Gasteiger partial charge < -0.3 is 10.2 Å². The predicted octanol–water partition coefficient (Wildman–Crippen LogP) is 2.06. The highest BCUT2D eigenvalue weighted by atomic mass is 19.2. The van der Waals surface area contributed by atoms with Crippen LogP contribution in [0.3, 0.4) is 0 Å². The lowest BCUT2D eigenvalue weighted by atomic mass is 9.85. The van der Waals surface area contributed by atoms with E-state index < -0.39 is 34.5 Å². The number of allylic oxidation sites excluding steroid dienone is 2. The van der Waals surface area contributed by atoms with Crippen molar-refractivity contribution in [2.75, 3.05) is 0 Å². The van der Waals surface area contributed by atoms with Gasteiger partial charge in [0, 0.05) is 12.5 Å². The van der Waals surface area contributed by atoms with Crippen LogP contribution in [0, 0.1) is 6.92 Å². The molecular formula is C8H6F4O2. The molecule has 14 heavy (non-hydrogen) atoms. The molecule has 2 atom stereocenters. The number of rotatable bonds is 0. The van der Waals surface area contributed by atoms with Crippen LogP contribution in [-0.4, -0.2) is 21.7 Å². The molecule has 2 nitrogen and oxygen atoms in total. The van der Waals surface area contributed by atoms with Gasteiger partial charge in [0.05, 0.1) is 0 Å². The van der Waals surface area contributed by atoms with Gasteiger partial charge >= 0.3 is 0 Å². The molecule has 0 aromatic heterocycles. The van der Waals surface area contributed by atoms with Crippen molar-refractivity contribution in [2.45, 2.75) is 18.4 Å². The SMILES string of the molecule is [CH]C1=C(F)C(F)=C(O)C(C)(F)C1(O)F. The molecule has 0 saturated heterocycles. The predicted molar refractivity (Wildman–Crippen MR) is 38.8 cm³/mol. The van der Waals surface area contributed by atoms with Gasteiger partial charge in [0.15, 0.2) is 17.4 Å². The molecule has 0 amide bonds. The molecule has 0 aromatic carbocycles. The minimum Gasteiger partial charge on any atom is -0.506 e. The smallest absolute Gasteiger partial charge is 0.274 e. The third kappa shape index (κ3) is 1.06. The molecule has 1 rings (SSSR count). The maximum absolute atomic E-state index is 13.3. The molecule has 0 heterocycles. The van der Waals surface area contributed by atoms with Gasteiger partial charge in [-0.3, -0.25) is 0 Å². The molecule has 0 fully saturated rings. The van der Waals surface area contributed by atoms with Crippen molar-refractivity contribution >= 4 is 0 Å². The van der Waals surface area contributed by atoms with E-state index in [1.54, 1.807) is 0 Å². The van der Waals surface area contributed by atoms with Crippen LogP contribution in [0.5, 0.6) is 0 Å². The van der Waals surface area contributed by atoms with Crippen LogP contribution in [0.4, 0.5) is 17.6 Å². The molecule has 1 aliphatic carbocycles. The Kier molecular flexibility index (Phi) is 2.15. The minimum atomic E-state index is -3.98. The Bertz CT molecular complexity index is 307. The summed E-state index contributed by atoms with van der Waals surface area (Å²) >= 11 is 0. The van der Waals surface area contributed by atoms with Crippen molar-refractivity contribution in [3.63, 3.8) is 0 Å². The second-order valence-electron chi connectivity index (χ2n) is 3.02. The zero-order valence-corrected chi connectivity index (χ0v) is 6.98. The summed E-state index contributed by atoms with van der Waals surface area (Å²) in [5.41, 5.74) is -5.16. The van der Waals surface area contributed by atoms with Gasteiger partial charge in [0.25, 0.3) is 5.85 Å². The van der Waals surface area contributed by atoms with Gasteiger partial charge in [-0.05, 0) is 6.92 Å². The molecule has 0 bridgehead atoms. The summed E-state index contributed by atoms with van der Waals surface area (Å²) in [6.45, 7) is 4.97. The maximum Gasteiger partial charge on any atom is 0.274 e. The van der Waals surface area contributed by atoms with Gasteiger partial charge in [0.1, 0.15) is 0 Å². The minimum absolute atomic E-state index is 0.335. The van der Waals surface area contributed by atoms with Gasteiger partial charge in [-0.1, -0.05) is 0 Å². The van der Waals surface area contributed by atoms with E-state index in [4.69, 9.17) is 10.2 Å². The Labute approximate surface area is 77.2 Å². The van der Waals surface area contributed by atoms with Crippen LogP contribution in [-0.2, 0) is 0 Å². The van der Waals surface area contributed by atoms with Crippen molar-refractivity contribution in [3.05, 3.63) is 29.9 Å². The molecule has 2 radical (unpaired) electrons. The second kappa shape index (κ2) is 2.73. The van der Waals surface area contributed by atoms with E-state index >= 15 is 0 Å². The number of aliphatic hydroxyl groups is 2. The van der Waals surface area contributed by atoms with Crippen molar-refractivity contribution in [1.82, 2.24) is 0 Å². The summed E-state index contributed by atoms with van der Waals surface area (Å²) in [4.78, 5) is 0. The lowest BCUT2D eigenvalue weighted by molar-refractivity contribution is -0.159. The monoisotopic (exact) mass is 210 g/mol. The van der Waals surface area contributed by atoms with E-state index in [1.807, 2.05) is 0 Å². The number of halogens is 4. The van der Waals surface area contributed by atoms with E-state index in [1.165, 1.54) is 0 Å². The summed E-state index contributed by atoms with van der Waals surface area (Å²) in [5.74, 6) is -9.87. The van der Waals surface area contributed by atoms with Crippen LogP contribution in [0.2, 0.25) is 0 Å². The summed E-state index contributed by atoms with van der Waals surface area (Å²) < 4.78 is 51.7. The molecule has 0 aromatic rings. The maximum atomic E-state index is 13.3. The lowest BCUT2D eigenvalue weighted by Crippen LogP contribution is -2.50. The zero-order valence-electron chi connectivity index (χ0n) is 6.98. The first-order valence-corrected chi connectivity index (χ1v) is 3.49. The van der Waals surface area contributed by atoms with Crippen molar-refractivity contribution in [2.24, 2.45) is 0 Å². The van der Waals surface area contributed by atoms with Crippen molar-refractivity contribution in [1.29, 1.82) is 0 Å². The summed E-state index contributed by atoms with van der Waals surface area (Å²) in [6.07, 6.45) is 0. The standard InChI is InChI=1S/C8H6F4O2/c1-3-4(9)5(10)6(13)7(2,11)8(3,12)14/h1,13-14H,2H3.